The van der Waals surface area contributed by atoms with Gasteiger partial charge in [-0.25, -0.2) is 62.0 Å². The Hall–Kier alpha value is -14.2. The maximum atomic E-state index is 12.5. The topological polar surface area (TPSA) is 626 Å². The van der Waals surface area contributed by atoms with Crippen LogP contribution < -0.4 is 43.0 Å². The third-order valence-corrected chi connectivity index (χ3v) is 32.0. The monoisotopic (exact) mass is 2100 g/mol. The second kappa shape index (κ2) is 45.2. The number of aryl methyl sites for hydroxylation is 1. The molecule has 10 aromatic heterocycles. The van der Waals surface area contributed by atoms with Crippen LogP contribution in [0.3, 0.4) is 0 Å². The first kappa shape index (κ1) is 103. The molecule has 748 valence electrons. The SMILES string of the molecule is CN(C)CCNc1nc2c(-c3cccc(S(C)(=O)=O)c3-c3nn[nH]n3)cccc2s1.CNCCN(C)c1ccc(-c2cccc(S(C)(=O)=O)c2-c2nn[nH]n2)cn1.CS(=O)(=O)c1cccc(-c2ccc(CCC3CCN3)nc2)c1-c1nn[nH]n1.CS(=O)(=O)c1cccc(-c2cccc3sc(NC4CCC(N)CC4)nc23)c1-c1nn[nH]n1.CS(=O)(=O)c1cccc(-c2cccc3sc(NCCN)nc23)c1-c1nn[nH]n1. The van der Waals surface area contributed by atoms with Crippen LogP contribution in [0, 0.1) is 0 Å². The maximum absolute atomic E-state index is 12.5. The lowest BCUT2D eigenvalue weighted by Crippen LogP contribution is -2.42. The zero-order valence-electron chi connectivity index (χ0n) is 79.3. The number of likely N-dealkylation sites (N-methyl/N-ethyl adjacent to an activating group) is 3. The number of aromatic amines is 5. The largest absolute Gasteiger partial charge is 0.360 e. The van der Waals surface area contributed by atoms with E-state index in [-0.39, 0.29) is 53.6 Å². The molecular formula is C92H102N34O10S8. The fourth-order valence-electron chi connectivity index (χ4n) is 16.4. The predicted molar refractivity (Wildman–Crippen MR) is 556 cm³/mol. The highest BCUT2D eigenvalue weighted by Gasteiger charge is 2.31. The van der Waals surface area contributed by atoms with E-state index < -0.39 is 49.2 Å². The van der Waals surface area contributed by atoms with E-state index in [9.17, 15) is 42.1 Å². The van der Waals surface area contributed by atoms with Gasteiger partial charge in [-0.3, -0.25) is 4.98 Å². The fourth-order valence-corrected chi connectivity index (χ4v) is 23.7. The number of rotatable bonds is 31. The quantitative estimate of drug-likeness (QED) is 0.0192. The molecule has 2 aliphatic rings. The van der Waals surface area contributed by atoms with E-state index in [1.165, 1.54) is 42.6 Å². The summed E-state index contributed by atoms with van der Waals surface area (Å²) in [6, 6.07) is 52.1. The molecule has 0 bridgehead atoms. The Morgan fingerprint density at radius 1 is 0.396 bits per heavy atom. The molecule has 52 heteroatoms. The Labute approximate surface area is 840 Å². The molecule has 2 fully saturated rings. The first-order valence-electron chi connectivity index (χ1n) is 45.1. The number of nitrogens with two attached hydrogens (primary N) is 2. The average molecular weight is 2100 g/mol. The highest BCUT2D eigenvalue weighted by atomic mass is 32.2. The van der Waals surface area contributed by atoms with Gasteiger partial charge in [0.15, 0.2) is 64.6 Å². The lowest BCUT2D eigenvalue weighted by atomic mass is 9.92. The minimum atomic E-state index is -3.52. The molecule has 14 N–H and O–H groups in total. The molecule has 1 unspecified atom stereocenters. The fraction of sp³-hybridized carbons (Fsp3) is 0.283. The summed E-state index contributed by atoms with van der Waals surface area (Å²) in [5.41, 5.74) is 24.5. The summed E-state index contributed by atoms with van der Waals surface area (Å²) in [7, 11) is -9.59. The van der Waals surface area contributed by atoms with Crippen molar-refractivity contribution < 1.29 is 42.1 Å². The van der Waals surface area contributed by atoms with Crippen molar-refractivity contribution in [1.82, 2.24) is 144 Å². The van der Waals surface area contributed by atoms with Gasteiger partial charge in [0.25, 0.3) is 0 Å². The summed E-state index contributed by atoms with van der Waals surface area (Å²) in [5.74, 6) is 1.96. The van der Waals surface area contributed by atoms with Crippen molar-refractivity contribution in [3.63, 3.8) is 0 Å². The molecule has 1 aliphatic heterocycles. The Kier molecular flexibility index (Phi) is 32.2. The molecule has 0 spiro atoms. The molecule has 44 nitrogen and oxygen atoms in total. The standard InChI is InChI=1S/C21H23N7O2S2.C19H21N7O2S2.C18H20N6O2S.C17H17N7O2S2.C17H21N7O2S/c1-32(29,30)17-7-3-4-14(18(17)20-25-27-28-26-20)15-5-2-6-16-19(15)24-21(31-16)23-13-10-8-12(22)9-11-13;1-26(2)11-10-20-19-21-17-13(7-4-8-14(17)29-19)12-6-5-9-15(30(3,27)28)16(12)18-22-24-25-23-18;1-27(25,26)16-4-2-3-15(17(16)18-21-23-24-22-18)12-5-6-13(20-11-12)7-8-14-9-10-19-14;1-28(25,26)13-7-3-4-10(14(13)16-21-23-24-22-16)11-5-2-6-12-15(11)20-17(27-12)19-9-8-18;1-18-9-10-24(2)15-8-7-12(11-19-15)13-5-4-6-14(27(3,25)26)16(13)17-20-22-23-21-17/h2-7,12-13H,8-11,22H2,1H3,(H,23,24)(H,25,26,27,28);4-9H,10-11H2,1-3H3,(H,20,21)(H,22,23,24,25);2-6,11,14,19H,7-10H2,1H3,(H,21,22,23,24);2-7H,8-9,18H2,1H3,(H,19,20)(H,21,22,23,24);4-8,11,18H,9-10H2,1-3H3,(H,20,21,22,23). The number of hydrogen-bond donors (Lipinski definition) is 12. The van der Waals surface area contributed by atoms with Gasteiger partial charge in [-0.05, 0) is 193 Å². The number of hydrogen-bond acceptors (Lipinski definition) is 42. The molecule has 1 saturated carbocycles. The Balaban J connectivity index is 0.000000129. The lowest BCUT2D eigenvalue weighted by Gasteiger charge is -2.27. The molecule has 18 aromatic rings. The average Bonchev–Trinajstić information content (AvgIpc) is 1.57. The minimum Gasteiger partial charge on any atom is -0.360 e. The van der Waals surface area contributed by atoms with E-state index in [4.69, 9.17) is 21.4 Å². The van der Waals surface area contributed by atoms with Gasteiger partial charge in [0.05, 0.1) is 55.1 Å². The van der Waals surface area contributed by atoms with Gasteiger partial charge in [-0.15, -0.1) is 51.0 Å². The second-order valence-electron chi connectivity index (χ2n) is 34.1. The van der Waals surface area contributed by atoms with Crippen LogP contribution >= 0.6 is 34.0 Å². The number of benzene rings is 8. The van der Waals surface area contributed by atoms with Gasteiger partial charge in [-0.2, -0.15) is 26.1 Å². The van der Waals surface area contributed by atoms with Gasteiger partial charge < -0.3 is 47.9 Å². The molecule has 11 heterocycles. The number of pyridine rings is 2. The lowest BCUT2D eigenvalue weighted by molar-refractivity contribution is 0.350. The number of anilines is 4. The predicted octanol–water partition coefficient (Wildman–Crippen LogP) is 10.3. The zero-order chi connectivity index (χ0) is 102. The third-order valence-electron chi connectivity index (χ3n) is 23.4. The van der Waals surface area contributed by atoms with Gasteiger partial charge in [-0.1, -0.05) is 137 Å². The van der Waals surface area contributed by atoms with E-state index in [1.54, 1.807) is 89.7 Å². The van der Waals surface area contributed by atoms with E-state index in [0.29, 0.717) is 86.8 Å². The number of H-pyrrole nitrogens is 5. The number of para-hydroxylation sites is 3. The Morgan fingerprint density at radius 2 is 0.743 bits per heavy atom. The van der Waals surface area contributed by atoms with Gasteiger partial charge in [0.1, 0.15) is 5.82 Å². The van der Waals surface area contributed by atoms with Crippen molar-refractivity contribution in [3.8, 4) is 113 Å². The molecule has 0 amide bonds. The molecule has 8 aromatic carbocycles. The van der Waals surface area contributed by atoms with E-state index in [2.05, 4.69) is 150 Å². The smallest absolute Gasteiger partial charge is 0.206 e. The summed E-state index contributed by atoms with van der Waals surface area (Å²) < 4.78 is 127. The molecule has 144 heavy (non-hydrogen) atoms. The van der Waals surface area contributed by atoms with Gasteiger partial charge >= 0.3 is 0 Å². The van der Waals surface area contributed by atoms with Crippen molar-refractivity contribution >= 4 is 135 Å². The normalized spacial score (nSPS) is 14.4. The highest BCUT2D eigenvalue weighted by molar-refractivity contribution is 7.92. The van der Waals surface area contributed by atoms with Crippen molar-refractivity contribution in [2.75, 3.05) is 126 Å². The first-order valence-corrected chi connectivity index (χ1v) is 57.0. The van der Waals surface area contributed by atoms with Crippen LogP contribution in [0.15, 0.2) is 207 Å². The van der Waals surface area contributed by atoms with Crippen molar-refractivity contribution in [2.45, 2.75) is 87.5 Å². The number of nitrogens with zero attached hydrogens (tertiary/aromatic N) is 22. The first-order chi connectivity index (χ1) is 69.2. The second-order valence-corrected chi connectivity index (χ2v) is 47.1. The van der Waals surface area contributed by atoms with E-state index >= 15 is 0 Å². The van der Waals surface area contributed by atoms with Gasteiger partial charge in [0.2, 0.25) is 29.1 Å². The molecule has 1 saturated heterocycles. The summed E-state index contributed by atoms with van der Waals surface area (Å²) in [6.07, 6.45) is 16.6. The maximum Gasteiger partial charge on any atom is 0.206 e. The van der Waals surface area contributed by atoms with Crippen LogP contribution in [-0.4, -0.2) is 298 Å². The number of aromatic nitrogens is 25. The van der Waals surface area contributed by atoms with E-state index in [1.807, 2.05) is 142 Å². The zero-order valence-corrected chi connectivity index (χ0v) is 85.8. The summed E-state index contributed by atoms with van der Waals surface area (Å²) in [6.45, 7) is 5.56. The number of fused-ring (bicyclic) bond motifs is 3. The summed E-state index contributed by atoms with van der Waals surface area (Å²) in [4.78, 5) is 28.3. The van der Waals surface area contributed by atoms with Gasteiger partial charge in [0, 0.05) is 169 Å². The molecule has 0 radical (unpaired) electrons. The number of thiazole rings is 3. The number of sulfone groups is 5. The van der Waals surface area contributed by atoms with Crippen LogP contribution in [0.4, 0.5) is 21.2 Å². The third kappa shape index (κ3) is 24.5. The summed E-state index contributed by atoms with van der Waals surface area (Å²) in [5, 5.41) is 89.2. The molecule has 1 aliphatic carbocycles. The van der Waals surface area contributed by atoms with E-state index in [0.717, 1.165) is 169 Å². The van der Waals surface area contributed by atoms with Crippen molar-refractivity contribution in [3.05, 3.63) is 188 Å². The Bertz CT molecular complexity index is 8100. The minimum absolute atomic E-state index is 0.139. The number of tetrazole rings is 5. The number of nitrogens with one attached hydrogen (secondary N) is 10. The van der Waals surface area contributed by atoms with Crippen LogP contribution in [0.1, 0.15) is 44.2 Å². The van der Waals surface area contributed by atoms with Crippen molar-refractivity contribution in [2.24, 2.45) is 11.5 Å². The van der Waals surface area contributed by atoms with Crippen LogP contribution in [0.25, 0.3) is 143 Å². The van der Waals surface area contributed by atoms with Crippen LogP contribution in [-0.2, 0) is 55.6 Å². The molecule has 20 rings (SSSR count). The molecule has 1 atom stereocenters. The Morgan fingerprint density at radius 3 is 1.07 bits per heavy atom. The molecular weight excluding hydrogens is 2000 g/mol. The highest BCUT2D eigenvalue weighted by Crippen LogP contribution is 2.46. The van der Waals surface area contributed by atoms with Crippen LogP contribution in [0.5, 0.6) is 0 Å². The van der Waals surface area contributed by atoms with Crippen molar-refractivity contribution in [1.29, 1.82) is 0 Å². The van der Waals surface area contributed by atoms with Crippen LogP contribution in [0.2, 0.25) is 0 Å². The summed E-state index contributed by atoms with van der Waals surface area (Å²) >= 11 is 4.67.